The second-order valence-electron chi connectivity index (χ2n) is 13.3. The SMILES string of the molecule is CC=NC(COC1CCCC(F)(F)C1)=N/C=C/c1ccn2nc(NC(=O)C3CC(N4CCN(C(=O)c5ccnc(C)c5)CC4C)C3)cc2c1. The molecule has 3 aromatic rings. The third kappa shape index (κ3) is 8.63. The van der Waals surface area contributed by atoms with E-state index in [1.54, 1.807) is 36.1 Å². The number of hydrogen-bond acceptors (Lipinski definition) is 7. The van der Waals surface area contributed by atoms with Gasteiger partial charge in [-0.25, -0.2) is 23.3 Å². The normalized spacial score (nSPS) is 24.8. The largest absolute Gasteiger partial charge is 0.370 e. The number of aromatic nitrogens is 3. The Kier molecular flexibility index (Phi) is 10.6. The number of nitrogens with one attached hydrogen (secondary N) is 1. The van der Waals surface area contributed by atoms with Gasteiger partial charge in [-0.1, -0.05) is 0 Å². The lowest BCUT2D eigenvalue weighted by Gasteiger charge is -2.49. The fraction of sp³-hybridized carbons (Fsp3) is 0.500. The van der Waals surface area contributed by atoms with Crippen molar-refractivity contribution in [2.75, 3.05) is 31.6 Å². The third-order valence-corrected chi connectivity index (χ3v) is 9.61. The Labute approximate surface area is 285 Å². The van der Waals surface area contributed by atoms with E-state index in [9.17, 15) is 18.4 Å². The van der Waals surface area contributed by atoms with Crippen LogP contribution < -0.4 is 5.32 Å². The maximum Gasteiger partial charge on any atom is 0.254 e. The zero-order valence-corrected chi connectivity index (χ0v) is 28.3. The highest BCUT2D eigenvalue weighted by molar-refractivity contribution is 5.94. The van der Waals surface area contributed by atoms with Crippen LogP contribution in [0.5, 0.6) is 0 Å². The van der Waals surface area contributed by atoms with Crippen molar-refractivity contribution in [1.82, 2.24) is 24.4 Å². The molecule has 0 spiro atoms. The van der Waals surface area contributed by atoms with Crippen molar-refractivity contribution in [3.63, 3.8) is 0 Å². The summed E-state index contributed by atoms with van der Waals surface area (Å²) in [5.41, 5.74) is 3.18. The third-order valence-electron chi connectivity index (χ3n) is 9.61. The van der Waals surface area contributed by atoms with Gasteiger partial charge in [0.2, 0.25) is 5.91 Å². The molecule has 260 valence electrons. The summed E-state index contributed by atoms with van der Waals surface area (Å²) in [7, 11) is 0. The van der Waals surface area contributed by atoms with Gasteiger partial charge >= 0.3 is 0 Å². The summed E-state index contributed by atoms with van der Waals surface area (Å²) in [6.07, 6.45) is 10.3. The van der Waals surface area contributed by atoms with Crippen LogP contribution in [0.25, 0.3) is 11.6 Å². The second kappa shape index (κ2) is 15.0. The van der Waals surface area contributed by atoms with E-state index in [1.807, 2.05) is 48.4 Å². The maximum atomic E-state index is 13.7. The highest BCUT2D eigenvalue weighted by atomic mass is 19.3. The zero-order valence-electron chi connectivity index (χ0n) is 28.3. The van der Waals surface area contributed by atoms with Crippen LogP contribution in [0.15, 0.2) is 58.9 Å². The van der Waals surface area contributed by atoms with Crippen molar-refractivity contribution in [3.8, 4) is 0 Å². The number of hydrogen-bond donors (Lipinski definition) is 1. The first-order valence-electron chi connectivity index (χ1n) is 17.1. The average molecular weight is 675 g/mol. The summed E-state index contributed by atoms with van der Waals surface area (Å²) in [4.78, 5) is 43.3. The fourth-order valence-electron chi connectivity index (χ4n) is 6.96. The molecule has 0 aromatic carbocycles. The lowest BCUT2D eigenvalue weighted by Crippen LogP contribution is -2.60. The molecule has 2 atom stereocenters. The summed E-state index contributed by atoms with van der Waals surface area (Å²) >= 11 is 0. The van der Waals surface area contributed by atoms with E-state index in [2.05, 4.69) is 37.2 Å². The topological polar surface area (TPSA) is 117 Å². The molecule has 11 nitrogen and oxygen atoms in total. The molecule has 49 heavy (non-hydrogen) atoms. The van der Waals surface area contributed by atoms with Crippen LogP contribution in [0.2, 0.25) is 0 Å². The molecule has 2 aliphatic carbocycles. The van der Waals surface area contributed by atoms with E-state index < -0.39 is 12.0 Å². The van der Waals surface area contributed by atoms with Crippen molar-refractivity contribution >= 4 is 41.3 Å². The van der Waals surface area contributed by atoms with Crippen molar-refractivity contribution in [1.29, 1.82) is 0 Å². The lowest BCUT2D eigenvalue weighted by molar-refractivity contribution is -0.125. The van der Waals surface area contributed by atoms with Crippen LogP contribution in [0.4, 0.5) is 14.6 Å². The summed E-state index contributed by atoms with van der Waals surface area (Å²) in [5.74, 6) is -1.86. The second-order valence-corrected chi connectivity index (χ2v) is 13.3. The highest BCUT2D eigenvalue weighted by Crippen LogP contribution is 2.36. The number of amides is 2. The van der Waals surface area contributed by atoms with Crippen molar-refractivity contribution in [2.45, 2.75) is 83.4 Å². The Morgan fingerprint density at radius 1 is 1.18 bits per heavy atom. The van der Waals surface area contributed by atoms with E-state index in [-0.39, 0.29) is 43.2 Å². The van der Waals surface area contributed by atoms with Gasteiger partial charge in [0.1, 0.15) is 6.61 Å². The summed E-state index contributed by atoms with van der Waals surface area (Å²) in [6.45, 7) is 7.96. The van der Waals surface area contributed by atoms with Crippen LogP contribution in [0.1, 0.15) is 74.0 Å². The molecule has 3 aliphatic rings. The van der Waals surface area contributed by atoms with E-state index >= 15 is 0 Å². The quantitative estimate of drug-likeness (QED) is 0.232. The Balaban J connectivity index is 0.979. The molecule has 3 aromatic heterocycles. The molecule has 1 saturated heterocycles. The number of fused-ring (bicyclic) bond motifs is 1. The van der Waals surface area contributed by atoms with Crippen LogP contribution >= 0.6 is 0 Å². The number of anilines is 1. The van der Waals surface area contributed by atoms with Gasteiger partial charge < -0.3 is 15.0 Å². The van der Waals surface area contributed by atoms with Crippen LogP contribution in [0, 0.1) is 12.8 Å². The Hall–Kier alpha value is -4.36. The van der Waals surface area contributed by atoms with Gasteiger partial charge in [0.15, 0.2) is 11.7 Å². The molecule has 6 rings (SSSR count). The van der Waals surface area contributed by atoms with Crippen molar-refractivity contribution in [3.05, 3.63) is 65.7 Å². The molecule has 2 amide bonds. The number of aryl methyl sites for hydroxylation is 1. The number of pyridine rings is 2. The monoisotopic (exact) mass is 674 g/mol. The first-order chi connectivity index (χ1) is 23.6. The number of aliphatic imine (C=N–C) groups is 2. The minimum absolute atomic E-state index is 0.0354. The number of nitrogens with zero attached hydrogens (tertiary/aromatic N) is 7. The van der Waals surface area contributed by atoms with E-state index in [4.69, 9.17) is 4.74 Å². The van der Waals surface area contributed by atoms with Gasteiger partial charge in [-0.2, -0.15) is 5.10 Å². The molecule has 13 heteroatoms. The summed E-state index contributed by atoms with van der Waals surface area (Å²) in [6, 6.07) is 9.76. The Morgan fingerprint density at radius 2 is 2.02 bits per heavy atom. The number of rotatable bonds is 9. The van der Waals surface area contributed by atoms with E-state index in [1.165, 1.54) is 0 Å². The molecule has 4 heterocycles. The first-order valence-corrected chi connectivity index (χ1v) is 17.1. The predicted octanol–water partition coefficient (Wildman–Crippen LogP) is 5.66. The standard InChI is InChI=1S/C36H44F2N8O3/c1-4-39-33(23-49-31-6-5-10-36(37,38)21-31)41-11-7-26-9-13-46-30(17-26)20-32(43-46)42-34(47)28-18-29(19-28)45-15-14-44(22-25(45)3)35(48)27-8-12-40-24(2)16-27/h4,7-9,11-13,16-17,20,25,28-29,31H,5-6,10,14-15,18-19,21-23H2,1-3H3,(H,42,43,47)/b11-7+,39-4?,41-33?. The van der Waals surface area contributed by atoms with Gasteiger partial charge in [-0.05, 0) is 82.4 Å². The average Bonchev–Trinajstić information content (AvgIpc) is 3.44. The Morgan fingerprint density at radius 3 is 2.78 bits per heavy atom. The number of carbonyl (C=O) groups is 2. The Bertz CT molecular complexity index is 1750. The minimum atomic E-state index is -2.68. The molecule has 3 fully saturated rings. The lowest BCUT2D eigenvalue weighted by atomic mass is 9.78. The van der Waals surface area contributed by atoms with Crippen LogP contribution in [0.3, 0.4) is 0 Å². The summed E-state index contributed by atoms with van der Waals surface area (Å²) < 4.78 is 34.9. The highest BCUT2D eigenvalue weighted by Gasteiger charge is 2.42. The van der Waals surface area contributed by atoms with Gasteiger partial charge in [-0.15, -0.1) is 0 Å². The van der Waals surface area contributed by atoms with E-state index in [0.29, 0.717) is 49.2 Å². The number of piperazine rings is 1. The molecule has 0 radical (unpaired) electrons. The molecule has 1 aliphatic heterocycles. The maximum absolute atomic E-state index is 13.7. The van der Waals surface area contributed by atoms with E-state index in [0.717, 1.165) is 36.2 Å². The molecular formula is C36H44F2N8O3. The number of carbonyl (C=O) groups excluding carboxylic acids is 2. The van der Waals surface area contributed by atoms with Crippen molar-refractivity contribution in [2.24, 2.45) is 15.9 Å². The number of ether oxygens (including phenoxy) is 1. The van der Waals surface area contributed by atoms with Gasteiger partial charge in [0.25, 0.3) is 11.8 Å². The predicted molar refractivity (Wildman–Crippen MR) is 185 cm³/mol. The minimum Gasteiger partial charge on any atom is -0.370 e. The molecule has 2 saturated carbocycles. The zero-order chi connectivity index (χ0) is 34.5. The fourth-order valence-corrected chi connectivity index (χ4v) is 6.96. The van der Waals surface area contributed by atoms with Gasteiger partial charge in [-0.3, -0.25) is 19.5 Å². The first kappa shape index (κ1) is 34.5. The number of halogens is 2. The molecular weight excluding hydrogens is 630 g/mol. The van der Waals surface area contributed by atoms with Gasteiger partial charge in [0, 0.05) is 92.6 Å². The summed E-state index contributed by atoms with van der Waals surface area (Å²) in [5, 5.41) is 7.50. The van der Waals surface area contributed by atoms with Crippen LogP contribution in [-0.2, 0) is 9.53 Å². The molecule has 2 unspecified atom stereocenters. The number of amidine groups is 1. The number of alkyl halides is 2. The molecule has 1 N–H and O–H groups in total. The van der Waals surface area contributed by atoms with Gasteiger partial charge in [0.05, 0.1) is 11.6 Å². The smallest absolute Gasteiger partial charge is 0.254 e. The van der Waals surface area contributed by atoms with Crippen LogP contribution in [-0.4, -0.2) is 98.6 Å². The molecule has 0 bridgehead atoms. The van der Waals surface area contributed by atoms with Crippen molar-refractivity contribution < 1.29 is 23.1 Å².